The Labute approximate surface area is 530 Å². The fourth-order valence-electron chi connectivity index (χ4n) is 11.1. The van der Waals surface area contributed by atoms with E-state index >= 15 is 9.59 Å². The molecule has 1 unspecified atom stereocenters. The minimum Gasteiger partial charge on any atom is -0.467 e. The van der Waals surface area contributed by atoms with Gasteiger partial charge in [0, 0.05) is 49.3 Å². The fraction of sp³-hybridized carbons (Fsp3) is 0.781. The van der Waals surface area contributed by atoms with Gasteiger partial charge in [-0.2, -0.15) is 0 Å². The first kappa shape index (κ1) is 80.4. The van der Waals surface area contributed by atoms with Gasteiger partial charge in [-0.05, 0) is 101 Å². The molecule has 1 saturated heterocycles. The number of nitrogens with zero attached hydrogens (tertiary/aromatic N) is 7. The molecule has 0 spiro atoms. The van der Waals surface area contributed by atoms with Gasteiger partial charge in [0.05, 0.1) is 13.2 Å². The smallest absolute Gasteiger partial charge is 0.338 e. The van der Waals surface area contributed by atoms with Gasteiger partial charge in [0.15, 0.2) is 0 Å². The van der Waals surface area contributed by atoms with E-state index in [0.29, 0.717) is 0 Å². The van der Waals surface area contributed by atoms with Crippen LogP contribution in [0.1, 0.15) is 156 Å². The second-order valence-electron chi connectivity index (χ2n) is 26.7. The van der Waals surface area contributed by atoms with E-state index in [1.165, 1.54) is 75.7 Å². The number of allylic oxidation sites excluding steroid dienone is 2. The molecule has 0 aromatic rings. The Hall–Kier alpha value is -6.66. The normalized spacial score (nSPS) is 27.0. The minimum atomic E-state index is -2.04. The van der Waals surface area contributed by atoms with Crippen LogP contribution in [0, 0.1) is 41.4 Å². The summed E-state index contributed by atoms with van der Waals surface area (Å²) >= 11 is 0. The van der Waals surface area contributed by atoms with E-state index in [4.69, 9.17) is 4.74 Å². The Morgan fingerprint density at radius 2 is 0.876 bits per heavy atom. The summed E-state index contributed by atoms with van der Waals surface area (Å²) in [6, 6.07) is -15.3. The number of aliphatic hydroxyl groups is 1. The Kier molecular flexibility index (Phi) is 32.7. The zero-order chi connectivity index (χ0) is 69.1. The molecule has 508 valence electrons. The van der Waals surface area contributed by atoms with Crippen molar-refractivity contribution in [3.05, 3.63) is 12.2 Å². The molecule has 11 amide bonds. The number of likely N-dealkylation sites (N-methyl/N-ethyl adjacent to an activating group) is 7. The van der Waals surface area contributed by atoms with Crippen molar-refractivity contribution in [2.75, 3.05) is 56.4 Å². The molecule has 89 heavy (non-hydrogen) atoms. The SMILES string of the molecule is C/C=C/C[C@@H](C)[C@@H](O)[C@H]1C(=O)N[C@@H](CC)C(=O)N(C)C(C(=O)OC)C(=O)N(C)[C@@H](CC(C)C)C(=O)N[C@@H](C(C)C)C(=O)N(C)[C@@H](CC(C)C)C(=O)N[C@@H](C)C(=O)N[C@H](C)C(=O)N(C)[C@@H](CC(C)C)C(=O)N(C)[C@H](CC(C)C)C(=O)N(C)[C@@H](C(C)C)C(=O)N1C. The molecule has 0 saturated carbocycles. The number of amides is 11. The third kappa shape index (κ3) is 21.8. The van der Waals surface area contributed by atoms with Gasteiger partial charge in [-0.25, -0.2) is 4.79 Å². The summed E-state index contributed by atoms with van der Waals surface area (Å²) in [7, 11) is 10.4. The maximum atomic E-state index is 15.2. The highest BCUT2D eigenvalue weighted by Crippen LogP contribution is 2.26. The average Bonchev–Trinajstić information content (AvgIpc) is 3.48. The molecular formula is C64H113N11O14. The van der Waals surface area contributed by atoms with E-state index in [2.05, 4.69) is 21.3 Å². The van der Waals surface area contributed by atoms with Crippen molar-refractivity contribution in [3.63, 3.8) is 0 Å². The van der Waals surface area contributed by atoms with E-state index in [1.54, 1.807) is 74.5 Å². The summed E-state index contributed by atoms with van der Waals surface area (Å²) in [5.74, 6) is -12.6. The molecule has 25 nitrogen and oxygen atoms in total. The predicted octanol–water partition coefficient (Wildman–Crippen LogP) is 2.81. The van der Waals surface area contributed by atoms with Gasteiger partial charge >= 0.3 is 5.97 Å². The van der Waals surface area contributed by atoms with E-state index < -0.39 is 161 Å². The predicted molar refractivity (Wildman–Crippen MR) is 339 cm³/mol. The summed E-state index contributed by atoms with van der Waals surface area (Å²) in [5, 5.41) is 23.0. The van der Waals surface area contributed by atoms with E-state index in [0.717, 1.165) is 28.9 Å². The summed E-state index contributed by atoms with van der Waals surface area (Å²) < 4.78 is 5.09. The molecule has 0 radical (unpaired) electrons. The summed E-state index contributed by atoms with van der Waals surface area (Å²) in [5.41, 5.74) is 0. The first-order chi connectivity index (χ1) is 41.1. The summed E-state index contributed by atoms with van der Waals surface area (Å²) in [4.78, 5) is 184. The maximum Gasteiger partial charge on any atom is 0.338 e. The van der Waals surface area contributed by atoms with Crippen LogP contribution in [0.15, 0.2) is 12.2 Å². The van der Waals surface area contributed by atoms with Crippen molar-refractivity contribution in [1.82, 2.24) is 55.6 Å². The lowest BCUT2D eigenvalue weighted by Gasteiger charge is -2.41. The minimum absolute atomic E-state index is 0.00276. The Morgan fingerprint density at radius 1 is 0.472 bits per heavy atom. The largest absolute Gasteiger partial charge is 0.467 e. The Balaban J connectivity index is 4.50. The van der Waals surface area contributed by atoms with Crippen molar-refractivity contribution < 1.29 is 67.4 Å². The zero-order valence-corrected chi connectivity index (χ0v) is 58.3. The number of hydrogen-bond donors (Lipinski definition) is 5. The highest BCUT2D eigenvalue weighted by atomic mass is 16.5. The van der Waals surface area contributed by atoms with Crippen molar-refractivity contribution in [1.29, 1.82) is 0 Å². The molecule has 0 aromatic carbocycles. The van der Waals surface area contributed by atoms with Crippen LogP contribution in [0.4, 0.5) is 0 Å². The molecule has 5 N–H and O–H groups in total. The van der Waals surface area contributed by atoms with Gasteiger partial charge in [-0.15, -0.1) is 0 Å². The highest BCUT2D eigenvalue weighted by Gasteiger charge is 2.47. The monoisotopic (exact) mass is 1260 g/mol. The lowest BCUT2D eigenvalue weighted by molar-refractivity contribution is -0.162. The first-order valence-electron chi connectivity index (χ1n) is 31.5. The zero-order valence-electron chi connectivity index (χ0n) is 58.3. The molecule has 1 rings (SSSR count). The number of ether oxygens (including phenoxy) is 1. The van der Waals surface area contributed by atoms with Gasteiger partial charge in [-0.1, -0.05) is 109 Å². The number of rotatable bonds is 16. The van der Waals surface area contributed by atoms with Crippen molar-refractivity contribution in [3.8, 4) is 0 Å². The summed E-state index contributed by atoms with van der Waals surface area (Å²) in [6.45, 7) is 29.3. The van der Waals surface area contributed by atoms with Crippen LogP contribution in [0.2, 0.25) is 0 Å². The number of aliphatic hydroxyl groups excluding tert-OH is 1. The number of carbonyl (C=O) groups excluding carboxylic acids is 12. The lowest BCUT2D eigenvalue weighted by Crippen LogP contribution is -2.64. The third-order valence-corrected chi connectivity index (χ3v) is 16.7. The van der Waals surface area contributed by atoms with Crippen LogP contribution < -0.4 is 21.3 Å². The van der Waals surface area contributed by atoms with Gasteiger partial charge in [0.2, 0.25) is 65.1 Å². The second-order valence-corrected chi connectivity index (χ2v) is 26.7. The van der Waals surface area contributed by atoms with Crippen LogP contribution in [0.25, 0.3) is 0 Å². The van der Waals surface area contributed by atoms with Crippen LogP contribution >= 0.6 is 0 Å². The van der Waals surface area contributed by atoms with Gasteiger partial charge in [0.25, 0.3) is 5.91 Å². The molecule has 1 fully saturated rings. The average molecular weight is 1260 g/mol. The van der Waals surface area contributed by atoms with Crippen LogP contribution in [-0.2, 0) is 62.3 Å². The third-order valence-electron chi connectivity index (χ3n) is 16.7. The van der Waals surface area contributed by atoms with E-state index in [1.807, 2.05) is 41.5 Å². The fourth-order valence-corrected chi connectivity index (χ4v) is 11.1. The number of methoxy groups -OCH3 is 1. The van der Waals surface area contributed by atoms with Gasteiger partial charge in [-0.3, -0.25) is 52.7 Å². The van der Waals surface area contributed by atoms with Crippen LogP contribution in [-0.4, -0.2) is 239 Å². The number of hydrogen-bond acceptors (Lipinski definition) is 14. The van der Waals surface area contributed by atoms with E-state index in [9.17, 15) is 53.1 Å². The quantitative estimate of drug-likeness (QED) is 0.0844. The van der Waals surface area contributed by atoms with Gasteiger partial charge in [0.1, 0.15) is 60.4 Å². The molecule has 1 aliphatic heterocycles. The molecule has 13 atom stereocenters. The van der Waals surface area contributed by atoms with Crippen molar-refractivity contribution in [2.24, 2.45) is 41.4 Å². The second kappa shape index (κ2) is 36.3. The Morgan fingerprint density at radius 3 is 1.30 bits per heavy atom. The first-order valence-corrected chi connectivity index (χ1v) is 31.5. The van der Waals surface area contributed by atoms with Crippen molar-refractivity contribution >= 4 is 70.9 Å². The molecule has 0 aromatic heterocycles. The van der Waals surface area contributed by atoms with Crippen LogP contribution in [0.5, 0.6) is 0 Å². The lowest BCUT2D eigenvalue weighted by atomic mass is 9.91. The van der Waals surface area contributed by atoms with Gasteiger partial charge < -0.3 is 65.4 Å². The number of esters is 1. The number of nitrogens with one attached hydrogen (secondary N) is 4. The van der Waals surface area contributed by atoms with Crippen molar-refractivity contribution in [2.45, 2.75) is 229 Å². The number of carbonyl (C=O) groups is 12. The Bertz CT molecular complexity index is 2490. The standard InChI is InChI=1S/C64H113N11O14/c1-26-28-29-40(15)52(76)50-56(80)67-43(27-2)58(82)75(24)51(64(88)89-25)63(87)70(19)45(31-35(5)6)55(79)68-48(38(11)12)61(85)69(18)44(30-34(3)4)54(78)65-41(16)53(77)66-42(17)57(81)71(20)46(32-36(7)8)59(83)72(21)47(33-37(9)10)60(84)73(22)49(39(13)14)62(86)74(50)23/h26,28,34-52,76H,27,29-33H2,1-25H3,(H,65,78)(H,66,77)(H,67,80)(H,68,79)/b28-26+/t40-,41+,42-,43+,44+,45+,46+,47-,48+,49+,50+,51?,52-/m1/s1. The molecular weight excluding hydrogens is 1150 g/mol. The van der Waals surface area contributed by atoms with E-state index in [-0.39, 0.29) is 62.2 Å². The van der Waals surface area contributed by atoms with Crippen LogP contribution in [0.3, 0.4) is 0 Å². The maximum absolute atomic E-state index is 15.2. The molecule has 1 heterocycles. The summed E-state index contributed by atoms with van der Waals surface area (Å²) in [6.07, 6.45) is 2.42. The molecule has 0 aliphatic carbocycles. The topological polar surface area (TPSA) is 305 Å². The molecule has 1 aliphatic rings. The molecule has 0 bridgehead atoms. The molecule has 25 heteroatoms. The highest BCUT2D eigenvalue weighted by molar-refractivity contribution is 6.07.